The van der Waals surface area contributed by atoms with Crippen molar-refractivity contribution in [3.63, 3.8) is 0 Å². The van der Waals surface area contributed by atoms with Gasteiger partial charge in [0.2, 0.25) is 0 Å². The average molecular weight is 317 g/mol. The summed E-state index contributed by atoms with van der Waals surface area (Å²) in [5, 5.41) is 14.6. The van der Waals surface area contributed by atoms with Gasteiger partial charge in [0, 0.05) is 11.6 Å². The van der Waals surface area contributed by atoms with Gasteiger partial charge >= 0.3 is 12.0 Å². The monoisotopic (exact) mass is 316 g/mol. The van der Waals surface area contributed by atoms with Crippen molar-refractivity contribution >= 4 is 41.1 Å². The Balaban J connectivity index is 2.51. The molecule has 0 saturated carbocycles. The summed E-state index contributed by atoms with van der Waals surface area (Å²) in [7, 11) is 0. The van der Waals surface area contributed by atoms with E-state index in [1.54, 1.807) is 11.8 Å². The Morgan fingerprint density at radius 3 is 2.75 bits per heavy atom. The number of urea groups is 1. The van der Waals surface area contributed by atoms with Crippen molar-refractivity contribution in [2.24, 2.45) is 0 Å². The summed E-state index contributed by atoms with van der Waals surface area (Å²) in [6, 6.07) is 3.89. The van der Waals surface area contributed by atoms with E-state index in [1.807, 2.05) is 6.26 Å². The number of thioether (sulfide) groups is 1. The number of hydrogen-bond donors (Lipinski definition) is 3. The molecule has 0 saturated heterocycles. The van der Waals surface area contributed by atoms with Crippen LogP contribution in [-0.2, 0) is 0 Å². The standard InChI is InChI=1S/C13H17ClN2O3S/c1-20-7-3-2-6-15-13(19)16-11-5-4-9(14)8-10(11)12(17)18/h4-5,8H,2-3,6-7H2,1H3,(H,17,18)(H2,15,16,19). The maximum absolute atomic E-state index is 11.7. The van der Waals surface area contributed by atoms with Crippen molar-refractivity contribution in [2.45, 2.75) is 12.8 Å². The number of carboxylic acid groups (broad SMARTS) is 1. The molecule has 1 aromatic rings. The minimum Gasteiger partial charge on any atom is -0.478 e. The molecule has 0 bridgehead atoms. The molecular weight excluding hydrogens is 300 g/mol. The Bertz CT molecular complexity index is 483. The van der Waals surface area contributed by atoms with Gasteiger partial charge in [-0.25, -0.2) is 9.59 Å². The molecule has 1 aromatic carbocycles. The van der Waals surface area contributed by atoms with Crippen LogP contribution in [0.4, 0.5) is 10.5 Å². The minimum absolute atomic E-state index is 0.0324. The van der Waals surface area contributed by atoms with Gasteiger partial charge < -0.3 is 15.7 Å². The number of halogens is 1. The lowest BCUT2D eigenvalue weighted by Crippen LogP contribution is -2.30. The zero-order valence-electron chi connectivity index (χ0n) is 11.1. The molecule has 0 heterocycles. The first-order valence-electron chi connectivity index (χ1n) is 6.11. The second-order valence-corrected chi connectivity index (χ2v) is 5.50. The number of rotatable bonds is 7. The van der Waals surface area contributed by atoms with E-state index >= 15 is 0 Å². The number of anilines is 1. The van der Waals surface area contributed by atoms with E-state index in [0.717, 1.165) is 18.6 Å². The Morgan fingerprint density at radius 1 is 1.35 bits per heavy atom. The van der Waals surface area contributed by atoms with Gasteiger partial charge in [0.15, 0.2) is 0 Å². The molecule has 5 nitrogen and oxygen atoms in total. The van der Waals surface area contributed by atoms with Gasteiger partial charge in [0.1, 0.15) is 0 Å². The lowest BCUT2D eigenvalue weighted by molar-refractivity contribution is 0.0698. The van der Waals surface area contributed by atoms with Crippen LogP contribution in [0.2, 0.25) is 5.02 Å². The van der Waals surface area contributed by atoms with Gasteiger partial charge in [-0.1, -0.05) is 11.6 Å². The fourth-order valence-corrected chi connectivity index (χ4v) is 2.21. The number of aromatic carboxylic acids is 1. The Morgan fingerprint density at radius 2 is 2.10 bits per heavy atom. The Kier molecular flexibility index (Phi) is 7.25. The third kappa shape index (κ3) is 5.71. The predicted molar refractivity (Wildman–Crippen MR) is 83.0 cm³/mol. The number of benzene rings is 1. The van der Waals surface area contributed by atoms with Crippen LogP contribution in [0, 0.1) is 0 Å². The molecule has 1 rings (SSSR count). The molecule has 20 heavy (non-hydrogen) atoms. The maximum Gasteiger partial charge on any atom is 0.337 e. The second-order valence-electron chi connectivity index (χ2n) is 4.08. The van der Waals surface area contributed by atoms with E-state index in [0.29, 0.717) is 11.6 Å². The summed E-state index contributed by atoms with van der Waals surface area (Å²) in [4.78, 5) is 22.7. The smallest absolute Gasteiger partial charge is 0.337 e. The van der Waals surface area contributed by atoms with Crippen LogP contribution in [0.3, 0.4) is 0 Å². The molecule has 110 valence electrons. The molecule has 0 radical (unpaired) electrons. The van der Waals surface area contributed by atoms with Crippen molar-refractivity contribution < 1.29 is 14.7 Å². The molecule has 0 aliphatic rings. The molecule has 0 fully saturated rings. The van der Waals surface area contributed by atoms with Gasteiger partial charge in [-0.2, -0.15) is 11.8 Å². The summed E-state index contributed by atoms with van der Waals surface area (Å²) in [5.41, 5.74) is 0.193. The fourth-order valence-electron chi connectivity index (χ4n) is 1.54. The Hall–Kier alpha value is -1.40. The normalized spacial score (nSPS) is 10.1. The zero-order valence-corrected chi connectivity index (χ0v) is 12.7. The number of hydrogen-bond acceptors (Lipinski definition) is 3. The molecule has 0 atom stereocenters. The van der Waals surface area contributed by atoms with Crippen molar-refractivity contribution in [1.82, 2.24) is 5.32 Å². The fraction of sp³-hybridized carbons (Fsp3) is 0.385. The van der Waals surface area contributed by atoms with Crippen LogP contribution in [0.5, 0.6) is 0 Å². The third-order valence-electron chi connectivity index (χ3n) is 2.52. The van der Waals surface area contributed by atoms with Crippen LogP contribution in [-0.4, -0.2) is 35.7 Å². The first-order chi connectivity index (χ1) is 9.54. The summed E-state index contributed by atoms with van der Waals surface area (Å²) < 4.78 is 0. The Labute approximate surface area is 127 Å². The number of amides is 2. The minimum atomic E-state index is -1.14. The average Bonchev–Trinajstić information content (AvgIpc) is 2.40. The molecule has 7 heteroatoms. The van der Waals surface area contributed by atoms with Crippen LogP contribution in [0.1, 0.15) is 23.2 Å². The highest BCUT2D eigenvalue weighted by atomic mass is 35.5. The first-order valence-corrected chi connectivity index (χ1v) is 7.88. The molecule has 2 amide bonds. The number of nitrogens with one attached hydrogen (secondary N) is 2. The van der Waals surface area contributed by atoms with E-state index < -0.39 is 12.0 Å². The summed E-state index contributed by atoms with van der Waals surface area (Å²) in [6.45, 7) is 0.558. The number of carbonyl (C=O) groups excluding carboxylic acids is 1. The van der Waals surface area contributed by atoms with Crippen molar-refractivity contribution in [1.29, 1.82) is 0 Å². The van der Waals surface area contributed by atoms with Gasteiger partial charge in [-0.05, 0) is 43.0 Å². The van der Waals surface area contributed by atoms with E-state index in [1.165, 1.54) is 18.2 Å². The van der Waals surface area contributed by atoms with Crippen LogP contribution in [0.25, 0.3) is 0 Å². The van der Waals surface area contributed by atoms with Crippen molar-refractivity contribution in [3.05, 3.63) is 28.8 Å². The second kappa shape index (κ2) is 8.71. The van der Waals surface area contributed by atoms with Gasteiger partial charge in [0.25, 0.3) is 0 Å². The van der Waals surface area contributed by atoms with E-state index in [-0.39, 0.29) is 11.3 Å². The molecule has 0 aliphatic carbocycles. The highest BCUT2D eigenvalue weighted by molar-refractivity contribution is 7.98. The molecule has 3 N–H and O–H groups in total. The topological polar surface area (TPSA) is 78.4 Å². The van der Waals surface area contributed by atoms with Crippen molar-refractivity contribution in [3.8, 4) is 0 Å². The molecule has 0 unspecified atom stereocenters. The molecular formula is C13H17ClN2O3S. The number of carbonyl (C=O) groups is 2. The van der Waals surface area contributed by atoms with Crippen LogP contribution in [0.15, 0.2) is 18.2 Å². The van der Waals surface area contributed by atoms with Crippen LogP contribution >= 0.6 is 23.4 Å². The lowest BCUT2D eigenvalue weighted by atomic mass is 10.2. The molecule has 0 aliphatic heterocycles. The quantitative estimate of drug-likeness (QED) is 0.674. The number of carboxylic acids is 1. The summed E-state index contributed by atoms with van der Waals surface area (Å²) in [6.07, 6.45) is 3.96. The lowest BCUT2D eigenvalue weighted by Gasteiger charge is -2.10. The van der Waals surface area contributed by atoms with E-state index in [4.69, 9.17) is 16.7 Å². The maximum atomic E-state index is 11.7. The third-order valence-corrected chi connectivity index (χ3v) is 3.45. The van der Waals surface area contributed by atoms with Gasteiger partial charge in [-0.15, -0.1) is 0 Å². The highest BCUT2D eigenvalue weighted by Crippen LogP contribution is 2.20. The largest absolute Gasteiger partial charge is 0.478 e. The van der Waals surface area contributed by atoms with Gasteiger partial charge in [0.05, 0.1) is 11.3 Å². The zero-order chi connectivity index (χ0) is 15.0. The molecule has 0 spiro atoms. The van der Waals surface area contributed by atoms with E-state index in [2.05, 4.69) is 10.6 Å². The van der Waals surface area contributed by atoms with E-state index in [9.17, 15) is 9.59 Å². The van der Waals surface area contributed by atoms with Crippen molar-refractivity contribution in [2.75, 3.05) is 23.9 Å². The molecule has 0 aromatic heterocycles. The number of unbranched alkanes of at least 4 members (excludes halogenated alkanes) is 1. The van der Waals surface area contributed by atoms with Gasteiger partial charge in [-0.3, -0.25) is 0 Å². The summed E-state index contributed by atoms with van der Waals surface area (Å²) >= 11 is 7.50. The SMILES string of the molecule is CSCCCCNC(=O)Nc1ccc(Cl)cc1C(=O)O. The predicted octanol–water partition coefficient (Wildman–Crippen LogP) is 3.30. The summed E-state index contributed by atoms with van der Waals surface area (Å²) in [5.74, 6) is -0.0772. The first kappa shape index (κ1) is 16.7. The highest BCUT2D eigenvalue weighted by Gasteiger charge is 2.12. The van der Waals surface area contributed by atoms with Crippen LogP contribution < -0.4 is 10.6 Å².